The monoisotopic (exact) mass is 338 g/mol. The maximum Gasteiger partial charge on any atom is 0.233 e. The van der Waals surface area contributed by atoms with Gasteiger partial charge in [-0.3, -0.25) is 0 Å². The van der Waals surface area contributed by atoms with Gasteiger partial charge in [0.15, 0.2) is 5.16 Å². The lowest BCUT2D eigenvalue weighted by atomic mass is 10.2. The number of para-hydroxylation sites is 1. The smallest absolute Gasteiger partial charge is 0.233 e. The molecule has 7 heteroatoms. The molecule has 0 aliphatic carbocycles. The van der Waals surface area contributed by atoms with Gasteiger partial charge in [-0.05, 0) is 43.3 Å². The molecule has 0 radical (unpaired) electrons. The van der Waals surface area contributed by atoms with E-state index in [1.165, 1.54) is 0 Å². The van der Waals surface area contributed by atoms with Crippen LogP contribution in [0.4, 0.5) is 29.0 Å². The number of thiol groups is 1. The summed E-state index contributed by atoms with van der Waals surface area (Å²) in [7, 11) is 0. The Balaban J connectivity index is 1.70. The second-order valence-electron chi connectivity index (χ2n) is 5.01. The molecule has 2 aromatic carbocycles. The van der Waals surface area contributed by atoms with Gasteiger partial charge >= 0.3 is 0 Å². The van der Waals surface area contributed by atoms with Crippen molar-refractivity contribution >= 4 is 41.6 Å². The summed E-state index contributed by atoms with van der Waals surface area (Å²) in [5.41, 5.74) is 2.94. The summed E-state index contributed by atoms with van der Waals surface area (Å²) < 4.78 is 0. The Morgan fingerprint density at radius 1 is 0.750 bits per heavy atom. The Kier molecular flexibility index (Phi) is 5.12. The number of benzene rings is 2. The second-order valence-corrected chi connectivity index (χ2v) is 5.41. The van der Waals surface area contributed by atoms with Gasteiger partial charge in [0.25, 0.3) is 0 Å². The van der Waals surface area contributed by atoms with Gasteiger partial charge in [0.1, 0.15) is 0 Å². The summed E-state index contributed by atoms with van der Waals surface area (Å²) in [6.45, 7) is 2.71. The highest BCUT2D eigenvalue weighted by atomic mass is 32.1. The lowest BCUT2D eigenvalue weighted by Gasteiger charge is -2.09. The Bertz CT molecular complexity index is 792. The minimum atomic E-state index is 0.366. The average Bonchev–Trinajstić information content (AvgIpc) is 2.57. The van der Waals surface area contributed by atoms with Crippen LogP contribution in [-0.4, -0.2) is 21.5 Å². The second kappa shape index (κ2) is 7.65. The zero-order valence-corrected chi connectivity index (χ0v) is 14.1. The van der Waals surface area contributed by atoms with Gasteiger partial charge in [0, 0.05) is 23.6 Å². The van der Waals surface area contributed by atoms with Crippen LogP contribution >= 0.6 is 12.6 Å². The van der Waals surface area contributed by atoms with Gasteiger partial charge in [0.2, 0.25) is 11.9 Å². The molecule has 6 nitrogen and oxygen atoms in total. The van der Waals surface area contributed by atoms with Crippen molar-refractivity contribution in [2.24, 2.45) is 0 Å². The van der Waals surface area contributed by atoms with Crippen molar-refractivity contribution in [2.45, 2.75) is 12.1 Å². The van der Waals surface area contributed by atoms with Gasteiger partial charge in [-0.25, -0.2) is 0 Å². The third kappa shape index (κ3) is 4.36. The molecule has 0 aliphatic rings. The molecule has 122 valence electrons. The molecular weight excluding hydrogens is 320 g/mol. The molecule has 0 atom stereocenters. The molecule has 0 spiro atoms. The maximum atomic E-state index is 4.30. The molecule has 0 saturated carbocycles. The molecule has 0 aliphatic heterocycles. The third-order valence-electron chi connectivity index (χ3n) is 3.16. The molecule has 1 heterocycles. The summed E-state index contributed by atoms with van der Waals surface area (Å²) in [5, 5.41) is 9.91. The third-order valence-corrected chi connectivity index (χ3v) is 3.36. The minimum absolute atomic E-state index is 0.366. The van der Waals surface area contributed by atoms with Crippen molar-refractivity contribution in [3.63, 3.8) is 0 Å². The Morgan fingerprint density at radius 3 is 2.00 bits per heavy atom. The highest BCUT2D eigenvalue weighted by Gasteiger charge is 2.04. The fraction of sp³-hybridized carbons (Fsp3) is 0.118. The standard InChI is InChI=1S/C17H18N6S/c1-2-18-15-21-16(23-17(24)22-15)20-14-10-8-13(9-11-14)19-12-6-4-3-5-7-12/h3-11,19H,2H2,1H3,(H3,18,20,21,22,23,24). The maximum absolute atomic E-state index is 4.30. The minimum Gasteiger partial charge on any atom is -0.356 e. The predicted molar refractivity (Wildman–Crippen MR) is 101 cm³/mol. The van der Waals surface area contributed by atoms with Gasteiger partial charge in [-0.15, -0.1) is 12.6 Å². The SMILES string of the molecule is CCNc1nc(S)nc(Nc2ccc(Nc3ccccc3)cc2)n1. The molecule has 3 aromatic rings. The van der Waals surface area contributed by atoms with E-state index in [9.17, 15) is 0 Å². The fourth-order valence-corrected chi connectivity index (χ4v) is 2.30. The number of nitrogens with zero attached hydrogens (tertiary/aromatic N) is 3. The van der Waals surface area contributed by atoms with Crippen LogP contribution in [0.1, 0.15) is 6.92 Å². The molecule has 3 rings (SSSR count). The first-order valence-corrected chi connectivity index (χ1v) is 8.06. The Morgan fingerprint density at radius 2 is 1.33 bits per heavy atom. The molecule has 0 bridgehead atoms. The number of hydrogen-bond acceptors (Lipinski definition) is 7. The van der Waals surface area contributed by atoms with Crippen LogP contribution in [0, 0.1) is 0 Å². The van der Waals surface area contributed by atoms with Crippen LogP contribution < -0.4 is 16.0 Å². The van der Waals surface area contributed by atoms with Gasteiger partial charge in [-0.2, -0.15) is 15.0 Å². The zero-order chi connectivity index (χ0) is 16.8. The van der Waals surface area contributed by atoms with Crippen LogP contribution in [0.3, 0.4) is 0 Å². The quantitative estimate of drug-likeness (QED) is 0.508. The highest BCUT2D eigenvalue weighted by molar-refractivity contribution is 7.80. The zero-order valence-electron chi connectivity index (χ0n) is 13.2. The summed E-state index contributed by atoms with van der Waals surface area (Å²) >= 11 is 4.20. The number of anilines is 5. The summed E-state index contributed by atoms with van der Waals surface area (Å²) in [6.07, 6.45) is 0. The number of aromatic nitrogens is 3. The first-order chi connectivity index (χ1) is 11.7. The van der Waals surface area contributed by atoms with Crippen LogP contribution in [0.15, 0.2) is 59.8 Å². The number of nitrogens with one attached hydrogen (secondary N) is 3. The predicted octanol–water partition coefficient (Wildman–Crippen LogP) is 4.08. The summed E-state index contributed by atoms with van der Waals surface area (Å²) in [5.74, 6) is 0.956. The van der Waals surface area contributed by atoms with Crippen molar-refractivity contribution in [3.05, 3.63) is 54.6 Å². The topological polar surface area (TPSA) is 74.8 Å². The van der Waals surface area contributed by atoms with E-state index < -0.39 is 0 Å². The van der Waals surface area contributed by atoms with E-state index in [1.54, 1.807) is 0 Å². The van der Waals surface area contributed by atoms with Crippen molar-refractivity contribution in [1.82, 2.24) is 15.0 Å². The summed E-state index contributed by atoms with van der Waals surface area (Å²) in [6, 6.07) is 17.9. The molecule has 0 amide bonds. The van der Waals surface area contributed by atoms with Crippen molar-refractivity contribution in [2.75, 3.05) is 22.5 Å². The number of rotatable bonds is 6. The van der Waals surface area contributed by atoms with Crippen molar-refractivity contribution in [1.29, 1.82) is 0 Å². The van der Waals surface area contributed by atoms with Crippen molar-refractivity contribution in [3.8, 4) is 0 Å². The van der Waals surface area contributed by atoms with E-state index in [0.717, 1.165) is 23.6 Å². The van der Waals surface area contributed by atoms with E-state index >= 15 is 0 Å². The van der Waals surface area contributed by atoms with Crippen LogP contribution in [0.2, 0.25) is 0 Å². The number of hydrogen-bond donors (Lipinski definition) is 4. The van der Waals surface area contributed by atoms with Gasteiger partial charge in [-0.1, -0.05) is 18.2 Å². The van der Waals surface area contributed by atoms with Crippen molar-refractivity contribution < 1.29 is 0 Å². The lowest BCUT2D eigenvalue weighted by molar-refractivity contribution is 0.911. The van der Waals surface area contributed by atoms with Gasteiger partial charge in [0.05, 0.1) is 0 Å². The fourth-order valence-electron chi connectivity index (χ4n) is 2.11. The van der Waals surface area contributed by atoms with E-state index in [-0.39, 0.29) is 0 Å². The largest absolute Gasteiger partial charge is 0.356 e. The molecule has 1 aromatic heterocycles. The lowest BCUT2D eigenvalue weighted by Crippen LogP contribution is -2.06. The molecule has 0 unspecified atom stereocenters. The molecular formula is C17H18N6S. The van der Waals surface area contributed by atoms with Crippen LogP contribution in [0.5, 0.6) is 0 Å². The van der Waals surface area contributed by atoms with E-state index in [4.69, 9.17) is 0 Å². The average molecular weight is 338 g/mol. The normalized spacial score (nSPS) is 10.2. The van der Waals surface area contributed by atoms with Gasteiger partial charge < -0.3 is 16.0 Å². The Hall–Kier alpha value is -2.80. The molecule has 24 heavy (non-hydrogen) atoms. The van der Waals surface area contributed by atoms with Crippen LogP contribution in [0.25, 0.3) is 0 Å². The Labute approximate surface area is 146 Å². The van der Waals surface area contributed by atoms with Crippen LogP contribution in [-0.2, 0) is 0 Å². The van der Waals surface area contributed by atoms with E-state index in [0.29, 0.717) is 17.1 Å². The summed E-state index contributed by atoms with van der Waals surface area (Å²) in [4.78, 5) is 12.6. The van der Waals surface area contributed by atoms with E-state index in [1.807, 2.05) is 61.5 Å². The first-order valence-electron chi connectivity index (χ1n) is 7.61. The highest BCUT2D eigenvalue weighted by Crippen LogP contribution is 2.20. The first kappa shape index (κ1) is 16.1. The molecule has 3 N–H and O–H groups in total. The molecule has 0 saturated heterocycles. The van der Waals surface area contributed by atoms with E-state index in [2.05, 4.69) is 43.5 Å². The molecule has 0 fully saturated rings.